The molecule has 0 radical (unpaired) electrons. The fraction of sp³-hybridized carbons (Fsp3) is 0.148. The van der Waals surface area contributed by atoms with E-state index in [1.165, 1.54) is 18.2 Å². The quantitative estimate of drug-likeness (QED) is 0.330. The van der Waals surface area contributed by atoms with Gasteiger partial charge in [-0.15, -0.1) is 0 Å². The lowest BCUT2D eigenvalue weighted by molar-refractivity contribution is -0.145. The molecule has 0 amide bonds. The van der Waals surface area contributed by atoms with Gasteiger partial charge in [-0.2, -0.15) is 0 Å². The normalized spacial score (nSPS) is 10.7. The zero-order valence-corrected chi connectivity index (χ0v) is 19.5. The zero-order chi connectivity index (χ0) is 24.6. The molecule has 0 aliphatic rings. The predicted molar refractivity (Wildman–Crippen MR) is 134 cm³/mol. The van der Waals surface area contributed by atoms with E-state index in [9.17, 15) is 14.0 Å². The van der Waals surface area contributed by atoms with Crippen LogP contribution in [0.3, 0.4) is 0 Å². The summed E-state index contributed by atoms with van der Waals surface area (Å²) in [5, 5.41) is 2.89. The summed E-state index contributed by atoms with van der Waals surface area (Å²) in [4.78, 5) is 30.2. The highest BCUT2D eigenvalue weighted by Gasteiger charge is 2.21. The van der Waals surface area contributed by atoms with E-state index in [0.29, 0.717) is 13.0 Å². The first kappa shape index (κ1) is 24.2. The maximum Gasteiger partial charge on any atom is 0.326 e. The second kappa shape index (κ2) is 11.4. The van der Waals surface area contributed by atoms with Crippen molar-refractivity contribution in [2.75, 3.05) is 11.9 Å². The fourth-order valence-electron chi connectivity index (χ4n) is 3.60. The van der Waals surface area contributed by atoms with Crippen molar-refractivity contribution >= 4 is 23.4 Å². The summed E-state index contributed by atoms with van der Waals surface area (Å²) in [6, 6.07) is 24.8. The Bertz CT molecular complexity index is 1360. The van der Waals surface area contributed by atoms with E-state index in [1.54, 1.807) is 6.07 Å². The number of anilines is 1. The van der Waals surface area contributed by atoms with Crippen molar-refractivity contribution in [3.63, 3.8) is 0 Å². The highest BCUT2D eigenvalue weighted by Crippen LogP contribution is 2.28. The molecular formula is C27H23ClFN3O3. The fourth-order valence-corrected chi connectivity index (χ4v) is 3.89. The van der Waals surface area contributed by atoms with Gasteiger partial charge in [0.05, 0.1) is 5.69 Å². The molecule has 0 spiro atoms. The molecule has 3 aromatic carbocycles. The number of esters is 1. The summed E-state index contributed by atoms with van der Waals surface area (Å²) in [6.45, 7) is 0.00940. The van der Waals surface area contributed by atoms with Crippen molar-refractivity contribution in [1.29, 1.82) is 0 Å². The molecule has 6 nitrogen and oxygen atoms in total. The minimum absolute atomic E-state index is 0.0139. The molecule has 8 heteroatoms. The van der Waals surface area contributed by atoms with Crippen LogP contribution in [0.5, 0.6) is 0 Å². The Kier molecular flexibility index (Phi) is 7.90. The Morgan fingerprint density at radius 2 is 1.57 bits per heavy atom. The summed E-state index contributed by atoms with van der Waals surface area (Å²) < 4.78 is 21.1. The van der Waals surface area contributed by atoms with Gasteiger partial charge in [-0.1, -0.05) is 84.4 Å². The maximum absolute atomic E-state index is 14.6. The van der Waals surface area contributed by atoms with Crippen LogP contribution < -0.4 is 10.9 Å². The molecule has 0 bridgehead atoms. The lowest BCUT2D eigenvalue weighted by Gasteiger charge is -2.17. The Morgan fingerprint density at radius 3 is 2.26 bits per heavy atom. The molecule has 4 rings (SSSR count). The van der Waals surface area contributed by atoms with E-state index in [4.69, 9.17) is 16.3 Å². The number of carbonyl (C=O) groups is 1. The van der Waals surface area contributed by atoms with Crippen molar-refractivity contribution in [3.8, 4) is 11.3 Å². The number of benzene rings is 3. The number of aromatic nitrogens is 2. The molecule has 1 heterocycles. The van der Waals surface area contributed by atoms with Gasteiger partial charge in [0.2, 0.25) is 0 Å². The van der Waals surface area contributed by atoms with Gasteiger partial charge in [0.25, 0.3) is 5.56 Å². The SMILES string of the molecule is O=C(Cn1c(-c2ccccc2F)c(Cl)nc(NCCc2ccccc2)c1=O)OCc1ccccc1. The van der Waals surface area contributed by atoms with Gasteiger partial charge >= 0.3 is 5.97 Å². The monoisotopic (exact) mass is 491 g/mol. The largest absolute Gasteiger partial charge is 0.459 e. The summed E-state index contributed by atoms with van der Waals surface area (Å²) in [5.41, 5.74) is 1.36. The Morgan fingerprint density at radius 1 is 0.943 bits per heavy atom. The summed E-state index contributed by atoms with van der Waals surface area (Å²) in [6.07, 6.45) is 0.647. The maximum atomic E-state index is 14.6. The first-order valence-electron chi connectivity index (χ1n) is 11.1. The minimum Gasteiger partial charge on any atom is -0.459 e. The number of hydrogen-bond acceptors (Lipinski definition) is 5. The lowest BCUT2D eigenvalue weighted by atomic mass is 10.1. The number of rotatable bonds is 9. The van der Waals surface area contributed by atoms with E-state index in [2.05, 4.69) is 10.3 Å². The highest BCUT2D eigenvalue weighted by molar-refractivity contribution is 6.32. The molecular weight excluding hydrogens is 469 g/mol. The Hall–Kier alpha value is -3.97. The van der Waals surface area contributed by atoms with Gasteiger partial charge in [0, 0.05) is 12.1 Å². The molecule has 1 aromatic heterocycles. The van der Waals surface area contributed by atoms with Crippen LogP contribution >= 0.6 is 11.6 Å². The van der Waals surface area contributed by atoms with Crippen molar-refractivity contribution in [1.82, 2.24) is 9.55 Å². The molecule has 4 aromatic rings. The second-order valence-electron chi connectivity index (χ2n) is 7.78. The van der Waals surface area contributed by atoms with Crippen molar-refractivity contribution in [2.24, 2.45) is 0 Å². The van der Waals surface area contributed by atoms with Crippen molar-refractivity contribution in [3.05, 3.63) is 117 Å². The first-order valence-corrected chi connectivity index (χ1v) is 11.4. The van der Waals surface area contributed by atoms with Gasteiger partial charge in [0.1, 0.15) is 19.0 Å². The summed E-state index contributed by atoms with van der Waals surface area (Å²) in [7, 11) is 0. The van der Waals surface area contributed by atoms with Crippen LogP contribution in [0.15, 0.2) is 89.7 Å². The number of halogens is 2. The van der Waals surface area contributed by atoms with Crippen molar-refractivity contribution in [2.45, 2.75) is 19.6 Å². The topological polar surface area (TPSA) is 73.2 Å². The summed E-state index contributed by atoms with van der Waals surface area (Å²) in [5.74, 6) is -1.28. The molecule has 0 unspecified atom stereocenters. The van der Waals surface area contributed by atoms with Crippen LogP contribution in [0.2, 0.25) is 5.15 Å². The zero-order valence-electron chi connectivity index (χ0n) is 18.8. The Labute approximate surface area is 207 Å². The van der Waals surface area contributed by atoms with Gasteiger partial charge in [0.15, 0.2) is 11.0 Å². The highest BCUT2D eigenvalue weighted by atomic mass is 35.5. The van der Waals surface area contributed by atoms with Crippen LogP contribution in [-0.4, -0.2) is 22.1 Å². The number of nitrogens with zero attached hydrogens (tertiary/aromatic N) is 2. The minimum atomic E-state index is -0.661. The molecule has 35 heavy (non-hydrogen) atoms. The first-order chi connectivity index (χ1) is 17.0. The van der Waals surface area contributed by atoms with E-state index < -0.39 is 23.9 Å². The smallest absolute Gasteiger partial charge is 0.326 e. The molecule has 0 fully saturated rings. The third-order valence-electron chi connectivity index (χ3n) is 5.33. The van der Waals surface area contributed by atoms with Gasteiger partial charge in [-0.05, 0) is 29.7 Å². The molecule has 0 aliphatic carbocycles. The van der Waals surface area contributed by atoms with Crippen LogP contribution in [0.1, 0.15) is 11.1 Å². The third kappa shape index (κ3) is 6.13. The molecule has 0 saturated heterocycles. The molecule has 1 N–H and O–H groups in total. The number of nitrogens with one attached hydrogen (secondary N) is 1. The van der Waals surface area contributed by atoms with E-state index >= 15 is 0 Å². The van der Waals surface area contributed by atoms with Crippen LogP contribution in [0.4, 0.5) is 10.2 Å². The number of hydrogen-bond donors (Lipinski definition) is 1. The predicted octanol–water partition coefficient (Wildman–Crippen LogP) is 5.10. The third-order valence-corrected chi connectivity index (χ3v) is 5.59. The van der Waals surface area contributed by atoms with Crippen LogP contribution in [0.25, 0.3) is 11.3 Å². The lowest BCUT2D eigenvalue weighted by Crippen LogP contribution is -2.31. The molecule has 0 aliphatic heterocycles. The Balaban J connectivity index is 1.62. The van der Waals surface area contributed by atoms with E-state index in [0.717, 1.165) is 15.7 Å². The molecule has 0 atom stereocenters. The number of carbonyl (C=O) groups excluding carboxylic acids is 1. The standard InChI is InChI=1S/C27H23ClFN3O3/c28-25-24(21-13-7-8-14-22(21)29)32(17-23(33)35-18-20-11-5-2-6-12-20)27(34)26(31-25)30-16-15-19-9-3-1-4-10-19/h1-14H,15-18H2,(H,30,31). The molecule has 178 valence electrons. The van der Waals surface area contributed by atoms with Gasteiger partial charge < -0.3 is 10.1 Å². The van der Waals surface area contributed by atoms with Gasteiger partial charge in [-0.3, -0.25) is 14.2 Å². The number of ether oxygens (including phenoxy) is 1. The molecule has 0 saturated carbocycles. The van der Waals surface area contributed by atoms with E-state index in [1.807, 2.05) is 60.7 Å². The van der Waals surface area contributed by atoms with Gasteiger partial charge in [-0.25, -0.2) is 9.37 Å². The second-order valence-corrected chi connectivity index (χ2v) is 8.14. The van der Waals surface area contributed by atoms with Crippen LogP contribution in [0, 0.1) is 5.82 Å². The average Bonchev–Trinajstić information content (AvgIpc) is 2.88. The van der Waals surface area contributed by atoms with E-state index in [-0.39, 0.29) is 28.8 Å². The summed E-state index contributed by atoms with van der Waals surface area (Å²) >= 11 is 6.44. The average molecular weight is 492 g/mol. The van der Waals surface area contributed by atoms with Crippen LogP contribution in [-0.2, 0) is 29.1 Å². The van der Waals surface area contributed by atoms with Crippen molar-refractivity contribution < 1.29 is 13.9 Å².